The maximum atomic E-state index is 13.2. The molecule has 1 rings (SSSR count). The van der Waals surface area contributed by atoms with Crippen molar-refractivity contribution in [1.82, 2.24) is 5.32 Å². The van der Waals surface area contributed by atoms with Crippen LogP contribution in [-0.4, -0.2) is 12.2 Å². The normalized spacial score (nSPS) is 9.71. The van der Waals surface area contributed by atoms with Crippen LogP contribution in [0.1, 0.15) is 0 Å². The third-order valence-corrected chi connectivity index (χ3v) is 2.24. The minimum Gasteiger partial charge on any atom is -0.366 e. The fraction of sp³-hybridized carbons (Fsp3) is 0.125. The van der Waals surface area contributed by atoms with Crippen molar-refractivity contribution >= 4 is 38.9 Å². The lowest BCUT2D eigenvalue weighted by atomic mass is 10.3. The quantitative estimate of drug-likeness (QED) is 0.774. The van der Waals surface area contributed by atoms with E-state index in [0.29, 0.717) is 4.47 Å². The number of hydrogen-bond acceptors (Lipinski definition) is 1. The van der Waals surface area contributed by atoms with Crippen LogP contribution in [0, 0.1) is 11.6 Å². The standard InChI is InChI=1S/C8H7BrF2N2S/c1-12-8(14)13-7-5(10)2-4(9)3-6(7)11/h2-3H,1H3,(H2,12,13,14). The highest BCUT2D eigenvalue weighted by molar-refractivity contribution is 9.10. The molecule has 0 aliphatic carbocycles. The van der Waals surface area contributed by atoms with Crippen LogP contribution in [-0.2, 0) is 0 Å². The molecule has 0 saturated heterocycles. The number of benzene rings is 1. The van der Waals surface area contributed by atoms with Gasteiger partial charge in [-0.05, 0) is 24.4 Å². The molecule has 0 amide bonds. The summed E-state index contributed by atoms with van der Waals surface area (Å²) >= 11 is 7.70. The molecule has 0 atom stereocenters. The SMILES string of the molecule is CNC(=S)Nc1c(F)cc(Br)cc1F. The summed E-state index contributed by atoms with van der Waals surface area (Å²) in [6, 6.07) is 2.31. The van der Waals surface area contributed by atoms with Crippen molar-refractivity contribution in [3.63, 3.8) is 0 Å². The Balaban J connectivity index is 3.02. The van der Waals surface area contributed by atoms with E-state index >= 15 is 0 Å². The molecule has 0 heterocycles. The third kappa shape index (κ3) is 2.62. The number of hydrogen-bond donors (Lipinski definition) is 2. The lowest BCUT2D eigenvalue weighted by Crippen LogP contribution is -2.25. The van der Waals surface area contributed by atoms with E-state index in [2.05, 4.69) is 26.6 Å². The average molecular weight is 281 g/mol. The third-order valence-electron chi connectivity index (χ3n) is 1.47. The van der Waals surface area contributed by atoms with Gasteiger partial charge in [-0.3, -0.25) is 0 Å². The topological polar surface area (TPSA) is 24.1 Å². The van der Waals surface area contributed by atoms with E-state index in [1.807, 2.05) is 0 Å². The van der Waals surface area contributed by atoms with E-state index in [0.717, 1.165) is 12.1 Å². The second kappa shape index (κ2) is 4.65. The molecule has 0 aliphatic heterocycles. The van der Waals surface area contributed by atoms with Gasteiger partial charge in [0.1, 0.15) is 5.69 Å². The highest BCUT2D eigenvalue weighted by atomic mass is 79.9. The summed E-state index contributed by atoms with van der Waals surface area (Å²) in [5.41, 5.74) is -0.257. The van der Waals surface area contributed by atoms with Crippen molar-refractivity contribution in [2.75, 3.05) is 12.4 Å². The molecule has 2 nitrogen and oxygen atoms in total. The van der Waals surface area contributed by atoms with Gasteiger partial charge in [-0.25, -0.2) is 8.78 Å². The van der Waals surface area contributed by atoms with Gasteiger partial charge in [0.25, 0.3) is 0 Å². The van der Waals surface area contributed by atoms with Gasteiger partial charge >= 0.3 is 0 Å². The molecule has 0 saturated carbocycles. The van der Waals surface area contributed by atoms with Crippen molar-refractivity contribution < 1.29 is 8.78 Å². The van der Waals surface area contributed by atoms with Crippen molar-refractivity contribution in [1.29, 1.82) is 0 Å². The zero-order chi connectivity index (χ0) is 10.7. The highest BCUT2D eigenvalue weighted by Gasteiger charge is 2.10. The van der Waals surface area contributed by atoms with E-state index in [1.54, 1.807) is 7.05 Å². The van der Waals surface area contributed by atoms with Crippen molar-refractivity contribution in [2.24, 2.45) is 0 Å². The highest BCUT2D eigenvalue weighted by Crippen LogP contribution is 2.23. The first kappa shape index (κ1) is 11.3. The Labute approximate surface area is 93.8 Å². The maximum absolute atomic E-state index is 13.2. The molecule has 0 aromatic heterocycles. The monoisotopic (exact) mass is 280 g/mol. The van der Waals surface area contributed by atoms with Gasteiger partial charge in [-0.15, -0.1) is 0 Å². The number of rotatable bonds is 1. The lowest BCUT2D eigenvalue weighted by molar-refractivity contribution is 0.589. The van der Waals surface area contributed by atoms with Gasteiger partial charge in [-0.1, -0.05) is 15.9 Å². The van der Waals surface area contributed by atoms with Crippen LogP contribution < -0.4 is 10.6 Å². The fourth-order valence-electron chi connectivity index (χ4n) is 0.838. The van der Waals surface area contributed by atoms with Gasteiger partial charge in [0, 0.05) is 11.5 Å². The summed E-state index contributed by atoms with van der Waals surface area (Å²) in [7, 11) is 1.56. The summed E-state index contributed by atoms with van der Waals surface area (Å²) < 4.78 is 26.7. The van der Waals surface area contributed by atoms with E-state index in [4.69, 9.17) is 12.2 Å². The second-order valence-corrected chi connectivity index (χ2v) is 3.77. The molecule has 1 aromatic rings. The first-order chi connectivity index (χ1) is 6.54. The zero-order valence-corrected chi connectivity index (χ0v) is 9.60. The summed E-state index contributed by atoms with van der Waals surface area (Å²) in [5, 5.41) is 5.12. The zero-order valence-electron chi connectivity index (χ0n) is 7.20. The van der Waals surface area contributed by atoms with Crippen LogP contribution in [0.2, 0.25) is 0 Å². The number of nitrogens with one attached hydrogen (secondary N) is 2. The number of anilines is 1. The predicted molar refractivity (Wildman–Crippen MR) is 59.3 cm³/mol. The predicted octanol–water partition coefficient (Wildman–Crippen LogP) is 2.64. The van der Waals surface area contributed by atoms with Crippen molar-refractivity contribution in [3.05, 3.63) is 28.2 Å². The lowest BCUT2D eigenvalue weighted by Gasteiger charge is -2.09. The molecule has 0 aliphatic rings. The first-order valence-electron chi connectivity index (χ1n) is 3.68. The van der Waals surface area contributed by atoms with E-state index in [9.17, 15) is 8.78 Å². The summed E-state index contributed by atoms with van der Waals surface area (Å²) in [6.07, 6.45) is 0. The first-order valence-corrected chi connectivity index (χ1v) is 4.88. The summed E-state index contributed by atoms with van der Waals surface area (Å²) in [6.45, 7) is 0. The minimum absolute atomic E-state index is 0.158. The molecule has 0 bridgehead atoms. The number of thiocarbonyl (C=S) groups is 1. The second-order valence-electron chi connectivity index (χ2n) is 2.45. The van der Waals surface area contributed by atoms with Crippen molar-refractivity contribution in [2.45, 2.75) is 0 Å². The number of halogens is 3. The largest absolute Gasteiger partial charge is 0.366 e. The summed E-state index contributed by atoms with van der Waals surface area (Å²) in [5.74, 6) is -1.40. The molecule has 2 N–H and O–H groups in total. The van der Waals surface area contributed by atoms with Crippen LogP contribution in [0.25, 0.3) is 0 Å². The molecule has 76 valence electrons. The molecular formula is C8H7BrF2N2S. The van der Waals surface area contributed by atoms with Crippen LogP contribution >= 0.6 is 28.1 Å². The van der Waals surface area contributed by atoms with Gasteiger partial charge < -0.3 is 10.6 Å². The van der Waals surface area contributed by atoms with Crippen LogP contribution in [0.4, 0.5) is 14.5 Å². The smallest absolute Gasteiger partial charge is 0.170 e. The Morgan fingerprint density at radius 2 is 1.86 bits per heavy atom. The molecule has 0 unspecified atom stereocenters. The molecule has 0 spiro atoms. The van der Waals surface area contributed by atoms with Gasteiger partial charge in [0.2, 0.25) is 0 Å². The van der Waals surface area contributed by atoms with Gasteiger partial charge in [-0.2, -0.15) is 0 Å². The Bertz CT molecular complexity index is 347. The average Bonchev–Trinajstić information content (AvgIpc) is 2.10. The van der Waals surface area contributed by atoms with Crippen LogP contribution in [0.5, 0.6) is 0 Å². The Kier molecular flexibility index (Phi) is 3.77. The van der Waals surface area contributed by atoms with Gasteiger partial charge in [0.05, 0.1) is 0 Å². The Morgan fingerprint density at radius 1 is 1.36 bits per heavy atom. The maximum Gasteiger partial charge on any atom is 0.170 e. The molecule has 6 heteroatoms. The Hall–Kier alpha value is -0.750. The van der Waals surface area contributed by atoms with E-state index < -0.39 is 11.6 Å². The molecule has 0 fully saturated rings. The minimum atomic E-state index is -0.700. The molecular weight excluding hydrogens is 274 g/mol. The van der Waals surface area contributed by atoms with Crippen LogP contribution in [0.15, 0.2) is 16.6 Å². The summed E-state index contributed by atoms with van der Waals surface area (Å²) in [4.78, 5) is 0. The van der Waals surface area contributed by atoms with Gasteiger partial charge in [0.15, 0.2) is 16.7 Å². The Morgan fingerprint density at radius 3 is 2.29 bits per heavy atom. The molecule has 0 radical (unpaired) electrons. The molecule has 1 aromatic carbocycles. The van der Waals surface area contributed by atoms with Crippen molar-refractivity contribution in [3.8, 4) is 0 Å². The van der Waals surface area contributed by atoms with Crippen LogP contribution in [0.3, 0.4) is 0 Å². The fourth-order valence-corrected chi connectivity index (χ4v) is 1.34. The molecule has 14 heavy (non-hydrogen) atoms. The van der Waals surface area contributed by atoms with E-state index in [1.165, 1.54) is 0 Å². The van der Waals surface area contributed by atoms with E-state index in [-0.39, 0.29) is 10.8 Å².